The van der Waals surface area contributed by atoms with Gasteiger partial charge in [-0.1, -0.05) is 6.07 Å². The Hall–Kier alpha value is -1.71. The third kappa shape index (κ3) is 1.47. The lowest BCUT2D eigenvalue weighted by molar-refractivity contribution is 0.503. The average Bonchev–Trinajstić information content (AvgIpc) is 2.59. The summed E-state index contributed by atoms with van der Waals surface area (Å²) in [5.41, 5.74) is 0.901. The van der Waals surface area contributed by atoms with Gasteiger partial charge in [0.1, 0.15) is 0 Å². The monoisotopic (exact) mass is 160 g/mol. The topological polar surface area (TPSA) is 51.8 Å². The first-order valence-electron chi connectivity index (χ1n) is 3.51. The lowest BCUT2D eigenvalue weighted by atomic mass is 10.3. The molecule has 0 atom stereocenters. The molecule has 59 valence electrons. The van der Waals surface area contributed by atoms with E-state index in [2.05, 4.69) is 21.2 Å². The summed E-state index contributed by atoms with van der Waals surface area (Å²) in [6, 6.07) is 6.50. The molecule has 0 fully saturated rings. The molecule has 2 aromatic heterocycles. The molecule has 0 N–H and O–H groups in total. The Bertz CT molecular complexity index is 330. The van der Waals surface area contributed by atoms with Crippen LogP contribution in [0.1, 0.15) is 11.6 Å². The summed E-state index contributed by atoms with van der Waals surface area (Å²) in [7, 11) is 0. The number of rotatable bonds is 2. The van der Waals surface area contributed by atoms with E-state index in [0.717, 1.165) is 5.69 Å². The van der Waals surface area contributed by atoms with Crippen molar-refractivity contribution < 1.29 is 4.42 Å². The number of pyridine rings is 1. The Morgan fingerprint density at radius 2 is 2.50 bits per heavy atom. The third-order valence-corrected chi connectivity index (χ3v) is 1.41. The van der Waals surface area contributed by atoms with E-state index in [-0.39, 0.29) is 0 Å². The number of hydrogen-bond acceptors (Lipinski definition) is 4. The third-order valence-electron chi connectivity index (χ3n) is 1.41. The van der Waals surface area contributed by atoms with Crippen molar-refractivity contribution in [3.63, 3.8) is 0 Å². The summed E-state index contributed by atoms with van der Waals surface area (Å²) in [5.74, 6) is 0.578. The van der Waals surface area contributed by atoms with Crippen molar-refractivity contribution in [3.8, 4) is 0 Å². The first-order valence-corrected chi connectivity index (χ1v) is 3.51. The molecule has 0 aromatic carbocycles. The average molecular weight is 160 g/mol. The minimum absolute atomic E-state index is 0.578. The van der Waals surface area contributed by atoms with E-state index < -0.39 is 0 Å². The van der Waals surface area contributed by atoms with Crippen molar-refractivity contribution in [2.24, 2.45) is 0 Å². The molecule has 2 rings (SSSR count). The van der Waals surface area contributed by atoms with Crippen LogP contribution in [0.2, 0.25) is 0 Å². The van der Waals surface area contributed by atoms with Gasteiger partial charge in [0.15, 0.2) is 0 Å². The van der Waals surface area contributed by atoms with E-state index >= 15 is 0 Å². The fourth-order valence-corrected chi connectivity index (χ4v) is 0.883. The largest absolute Gasteiger partial charge is 0.428 e. The van der Waals surface area contributed by atoms with Crippen LogP contribution in [0.4, 0.5) is 0 Å². The van der Waals surface area contributed by atoms with Crippen molar-refractivity contribution in [2.75, 3.05) is 0 Å². The number of nitrogens with zero attached hydrogens (tertiary/aromatic N) is 3. The Kier molecular flexibility index (Phi) is 1.82. The van der Waals surface area contributed by atoms with Crippen LogP contribution in [0.25, 0.3) is 0 Å². The highest BCUT2D eigenvalue weighted by atomic mass is 16.4. The van der Waals surface area contributed by atoms with E-state index in [0.29, 0.717) is 12.3 Å². The first kappa shape index (κ1) is 6.97. The molecular weight excluding hydrogens is 154 g/mol. The Labute approximate surface area is 69.3 Å². The second-order valence-electron chi connectivity index (χ2n) is 2.26. The van der Waals surface area contributed by atoms with Gasteiger partial charge >= 0.3 is 0 Å². The minimum Gasteiger partial charge on any atom is -0.428 e. The molecule has 0 aliphatic carbocycles. The minimum atomic E-state index is 0.578. The molecule has 1 radical (unpaired) electrons. The molecule has 0 saturated heterocycles. The molecule has 4 heteroatoms. The van der Waals surface area contributed by atoms with Crippen molar-refractivity contribution in [1.82, 2.24) is 15.2 Å². The summed E-state index contributed by atoms with van der Waals surface area (Å²) in [6.07, 6.45) is 3.50. The molecule has 12 heavy (non-hydrogen) atoms. The summed E-state index contributed by atoms with van der Waals surface area (Å²) in [4.78, 5) is 4.07. The molecule has 2 aromatic rings. The fourth-order valence-electron chi connectivity index (χ4n) is 0.883. The maximum absolute atomic E-state index is 4.96. The molecule has 0 amide bonds. The molecule has 0 spiro atoms. The zero-order chi connectivity index (χ0) is 8.23. The predicted octanol–water partition coefficient (Wildman–Crippen LogP) is 0.856. The van der Waals surface area contributed by atoms with E-state index in [4.69, 9.17) is 4.42 Å². The highest BCUT2D eigenvalue weighted by Gasteiger charge is 2.00. The first-order chi connectivity index (χ1) is 5.95. The lowest BCUT2D eigenvalue weighted by Gasteiger charge is -1.92. The zero-order valence-electron chi connectivity index (χ0n) is 6.27. The van der Waals surface area contributed by atoms with Crippen molar-refractivity contribution >= 4 is 0 Å². The van der Waals surface area contributed by atoms with Crippen molar-refractivity contribution in [1.29, 1.82) is 0 Å². The van der Waals surface area contributed by atoms with Crippen molar-refractivity contribution in [2.45, 2.75) is 6.42 Å². The molecule has 0 unspecified atom stereocenters. The Morgan fingerprint density at radius 1 is 1.50 bits per heavy atom. The van der Waals surface area contributed by atoms with Crippen LogP contribution in [0.3, 0.4) is 0 Å². The van der Waals surface area contributed by atoms with E-state index in [1.54, 1.807) is 12.3 Å². The highest BCUT2D eigenvalue weighted by molar-refractivity contribution is 5.06. The van der Waals surface area contributed by atoms with Crippen LogP contribution in [0.15, 0.2) is 29.1 Å². The van der Waals surface area contributed by atoms with Gasteiger partial charge in [-0.2, -0.15) is 0 Å². The molecule has 4 nitrogen and oxygen atoms in total. The number of aromatic nitrogens is 3. The van der Waals surface area contributed by atoms with Gasteiger partial charge < -0.3 is 4.42 Å². The highest BCUT2D eigenvalue weighted by Crippen LogP contribution is 2.01. The molecule has 0 bridgehead atoms. The van der Waals surface area contributed by atoms with Crippen LogP contribution >= 0.6 is 0 Å². The van der Waals surface area contributed by atoms with Crippen molar-refractivity contribution in [3.05, 3.63) is 42.4 Å². The Morgan fingerprint density at radius 3 is 3.17 bits per heavy atom. The zero-order valence-corrected chi connectivity index (χ0v) is 6.27. The maximum Gasteiger partial charge on any atom is 0.222 e. The summed E-state index contributed by atoms with van der Waals surface area (Å²) >= 11 is 0. The van der Waals surface area contributed by atoms with Gasteiger partial charge in [-0.25, -0.2) is 0 Å². The smallest absolute Gasteiger partial charge is 0.222 e. The van der Waals surface area contributed by atoms with Gasteiger partial charge in [-0.05, 0) is 6.07 Å². The normalized spacial score (nSPS) is 10.0. The van der Waals surface area contributed by atoms with E-state index in [1.807, 2.05) is 6.07 Å². The van der Waals surface area contributed by atoms with Gasteiger partial charge in [0.05, 0.1) is 6.42 Å². The van der Waals surface area contributed by atoms with Crippen LogP contribution in [-0.4, -0.2) is 15.2 Å². The lowest BCUT2D eigenvalue weighted by Crippen LogP contribution is -1.90. The second kappa shape index (κ2) is 3.13. The van der Waals surface area contributed by atoms with E-state index in [9.17, 15) is 0 Å². The second-order valence-corrected chi connectivity index (χ2v) is 2.26. The van der Waals surface area contributed by atoms with Gasteiger partial charge in [0.2, 0.25) is 12.3 Å². The fraction of sp³-hybridized carbons (Fsp3) is 0.125. The molecule has 0 saturated carbocycles. The van der Waals surface area contributed by atoms with Gasteiger partial charge in [-0.15, -0.1) is 10.2 Å². The van der Waals surface area contributed by atoms with E-state index in [1.165, 1.54) is 6.39 Å². The summed E-state index contributed by atoms with van der Waals surface area (Å²) < 4.78 is 4.96. The van der Waals surface area contributed by atoms with Crippen LogP contribution in [-0.2, 0) is 6.42 Å². The quantitative estimate of drug-likeness (QED) is 0.653. The number of hydrogen-bond donors (Lipinski definition) is 0. The molecule has 0 aliphatic rings. The summed E-state index contributed by atoms with van der Waals surface area (Å²) in [6.45, 7) is 0. The predicted molar refractivity (Wildman–Crippen MR) is 40.2 cm³/mol. The summed E-state index contributed by atoms with van der Waals surface area (Å²) in [5, 5.41) is 7.31. The molecule has 0 aliphatic heterocycles. The standard InChI is InChI=1S/C8H6N3O/c1-2-4-9-7(3-1)5-8-11-10-6-12-8/h1,3-4,6H,5H2. The molecular formula is C8H6N3O. The van der Waals surface area contributed by atoms with Gasteiger partial charge in [0, 0.05) is 18.0 Å². The van der Waals surface area contributed by atoms with Crippen LogP contribution in [0.5, 0.6) is 0 Å². The molecule has 2 heterocycles. The Balaban J connectivity index is 2.15. The maximum atomic E-state index is 4.96. The van der Waals surface area contributed by atoms with Gasteiger partial charge in [-0.3, -0.25) is 4.98 Å². The van der Waals surface area contributed by atoms with Crippen LogP contribution in [0, 0.1) is 6.07 Å². The SMILES string of the molecule is [c]1ccc(Cc2nnco2)nc1. The van der Waals surface area contributed by atoms with Crippen LogP contribution < -0.4 is 0 Å². The van der Waals surface area contributed by atoms with Gasteiger partial charge in [0.25, 0.3) is 0 Å².